The smallest absolute Gasteiger partial charge is 0.266 e. The van der Waals surface area contributed by atoms with Crippen LogP contribution in [0.1, 0.15) is 40.0 Å². The summed E-state index contributed by atoms with van der Waals surface area (Å²) in [7, 11) is 0. The maximum Gasteiger partial charge on any atom is 0.266 e. The molecule has 0 saturated carbocycles. The summed E-state index contributed by atoms with van der Waals surface area (Å²) in [6.07, 6.45) is 3.61. The Morgan fingerprint density at radius 3 is 2.29 bits per heavy atom. The largest absolute Gasteiger partial charge is 0.396 e. The lowest BCUT2D eigenvalue weighted by atomic mass is 9.89. The van der Waals surface area contributed by atoms with Crippen LogP contribution in [0.15, 0.2) is 12.2 Å². The highest BCUT2D eigenvalue weighted by Crippen LogP contribution is 2.23. The summed E-state index contributed by atoms with van der Waals surface area (Å²) in [4.78, 5) is 0. The lowest BCUT2D eigenvalue weighted by Gasteiger charge is -2.20. The van der Waals surface area contributed by atoms with Gasteiger partial charge in [-0.05, 0) is 24.3 Å². The molecule has 1 nitrogen and oxygen atoms in total. The molecular formula is C11H20F2O. The van der Waals surface area contributed by atoms with Gasteiger partial charge in [0, 0.05) is 13.0 Å². The van der Waals surface area contributed by atoms with E-state index < -0.39 is 5.92 Å². The first-order valence-electron chi connectivity index (χ1n) is 4.99. The van der Waals surface area contributed by atoms with Crippen molar-refractivity contribution in [3.05, 3.63) is 12.2 Å². The molecule has 3 heteroatoms. The Balaban J connectivity index is 3.85. The molecule has 0 fully saturated rings. The minimum absolute atomic E-state index is 0.0883. The molecule has 0 aromatic carbocycles. The maximum atomic E-state index is 12.7. The predicted molar refractivity (Wildman–Crippen MR) is 54.5 cm³/mol. The normalized spacial score (nSPS) is 13.9. The van der Waals surface area contributed by atoms with E-state index >= 15 is 0 Å². The quantitative estimate of drug-likeness (QED) is 0.660. The van der Waals surface area contributed by atoms with Gasteiger partial charge < -0.3 is 5.11 Å². The molecular weight excluding hydrogens is 186 g/mol. The van der Waals surface area contributed by atoms with Crippen LogP contribution in [-0.4, -0.2) is 17.6 Å². The van der Waals surface area contributed by atoms with Crippen molar-refractivity contribution in [2.24, 2.45) is 5.41 Å². The van der Waals surface area contributed by atoms with Crippen LogP contribution < -0.4 is 0 Å². The molecule has 0 atom stereocenters. The van der Waals surface area contributed by atoms with Crippen molar-refractivity contribution in [3.63, 3.8) is 0 Å². The zero-order valence-corrected chi connectivity index (χ0v) is 9.19. The van der Waals surface area contributed by atoms with Gasteiger partial charge in [-0.15, -0.1) is 0 Å². The van der Waals surface area contributed by atoms with Crippen molar-refractivity contribution in [2.75, 3.05) is 6.61 Å². The van der Waals surface area contributed by atoms with Crippen molar-refractivity contribution in [1.29, 1.82) is 0 Å². The molecule has 0 saturated heterocycles. The van der Waals surface area contributed by atoms with Crippen molar-refractivity contribution in [3.8, 4) is 0 Å². The Labute approximate surface area is 84.8 Å². The summed E-state index contributed by atoms with van der Waals surface area (Å²) in [6, 6.07) is 0. The van der Waals surface area contributed by atoms with Crippen LogP contribution in [0.5, 0.6) is 0 Å². The lowest BCUT2D eigenvalue weighted by Crippen LogP contribution is -2.16. The number of hydrogen-bond donors (Lipinski definition) is 1. The average Bonchev–Trinajstić information content (AvgIpc) is 2.13. The molecule has 0 aromatic heterocycles. The molecule has 0 rings (SSSR count). The van der Waals surface area contributed by atoms with Gasteiger partial charge in [0.25, 0.3) is 5.92 Å². The molecule has 14 heavy (non-hydrogen) atoms. The summed E-state index contributed by atoms with van der Waals surface area (Å²) >= 11 is 0. The van der Waals surface area contributed by atoms with Crippen LogP contribution in [0.2, 0.25) is 0 Å². The van der Waals surface area contributed by atoms with E-state index in [-0.39, 0.29) is 18.4 Å². The number of halogens is 2. The molecule has 0 spiro atoms. The Morgan fingerprint density at radius 2 is 1.86 bits per heavy atom. The summed E-state index contributed by atoms with van der Waals surface area (Å²) < 4.78 is 25.4. The number of allylic oxidation sites excluding steroid dienone is 2. The van der Waals surface area contributed by atoms with Gasteiger partial charge in [-0.1, -0.05) is 26.8 Å². The molecule has 0 unspecified atom stereocenters. The maximum absolute atomic E-state index is 12.7. The molecule has 0 bridgehead atoms. The van der Waals surface area contributed by atoms with Crippen molar-refractivity contribution in [1.82, 2.24) is 0 Å². The molecule has 1 N–H and O–H groups in total. The SMILES string of the molecule is CCC(F)(F)/C=C/CCC(C)(C)CO. The van der Waals surface area contributed by atoms with E-state index in [9.17, 15) is 8.78 Å². The first-order chi connectivity index (χ1) is 6.33. The van der Waals surface area contributed by atoms with Gasteiger partial charge in [-0.25, -0.2) is 8.78 Å². The topological polar surface area (TPSA) is 20.2 Å². The zero-order chi connectivity index (χ0) is 11.2. The third-order valence-electron chi connectivity index (χ3n) is 2.25. The molecule has 0 radical (unpaired) electrons. The van der Waals surface area contributed by atoms with E-state index in [0.29, 0.717) is 6.42 Å². The third kappa shape index (κ3) is 6.08. The first-order valence-corrected chi connectivity index (χ1v) is 4.99. The van der Waals surface area contributed by atoms with Gasteiger partial charge in [0.2, 0.25) is 0 Å². The molecule has 0 amide bonds. The second-order valence-electron chi connectivity index (χ2n) is 4.38. The fourth-order valence-corrected chi connectivity index (χ4v) is 0.927. The standard InChI is InChI=1S/C11H20F2O/c1-4-11(12,13)8-6-5-7-10(2,3)9-14/h6,8,14H,4-5,7,9H2,1-3H3/b8-6+. The highest BCUT2D eigenvalue weighted by molar-refractivity contribution is 4.94. The van der Waals surface area contributed by atoms with Gasteiger partial charge in [0.15, 0.2) is 0 Å². The molecule has 84 valence electrons. The number of aliphatic hydroxyl groups is 1. The fraction of sp³-hybridized carbons (Fsp3) is 0.818. The van der Waals surface area contributed by atoms with E-state index in [1.807, 2.05) is 13.8 Å². The van der Waals surface area contributed by atoms with Crippen molar-refractivity contribution >= 4 is 0 Å². The Hall–Kier alpha value is -0.440. The van der Waals surface area contributed by atoms with Crippen LogP contribution in [0.25, 0.3) is 0 Å². The number of hydrogen-bond acceptors (Lipinski definition) is 1. The minimum atomic E-state index is -2.68. The van der Waals surface area contributed by atoms with E-state index in [1.54, 1.807) is 0 Å². The van der Waals surface area contributed by atoms with Gasteiger partial charge in [-0.3, -0.25) is 0 Å². The number of aliphatic hydroxyl groups excluding tert-OH is 1. The molecule has 0 aliphatic carbocycles. The summed E-state index contributed by atoms with van der Waals surface area (Å²) in [5.74, 6) is -2.68. The number of alkyl halides is 2. The molecule has 0 aromatic rings. The Bertz CT molecular complexity index is 186. The van der Waals surface area contributed by atoms with Gasteiger partial charge in [0.05, 0.1) is 0 Å². The average molecular weight is 206 g/mol. The van der Waals surface area contributed by atoms with E-state index in [4.69, 9.17) is 5.11 Å². The monoisotopic (exact) mass is 206 g/mol. The van der Waals surface area contributed by atoms with Crippen LogP contribution in [0.3, 0.4) is 0 Å². The third-order valence-corrected chi connectivity index (χ3v) is 2.25. The highest BCUT2D eigenvalue weighted by Gasteiger charge is 2.21. The molecule has 0 heterocycles. The van der Waals surface area contributed by atoms with Gasteiger partial charge >= 0.3 is 0 Å². The summed E-state index contributed by atoms with van der Waals surface area (Å²) in [5.41, 5.74) is -0.175. The zero-order valence-electron chi connectivity index (χ0n) is 9.19. The summed E-state index contributed by atoms with van der Waals surface area (Å²) in [5, 5.41) is 8.93. The van der Waals surface area contributed by atoms with E-state index in [0.717, 1.165) is 12.5 Å². The highest BCUT2D eigenvalue weighted by atomic mass is 19.3. The van der Waals surface area contributed by atoms with Gasteiger partial charge in [0.1, 0.15) is 0 Å². The minimum Gasteiger partial charge on any atom is -0.396 e. The second kappa shape index (κ2) is 5.44. The van der Waals surface area contributed by atoms with Crippen molar-refractivity contribution < 1.29 is 13.9 Å². The second-order valence-corrected chi connectivity index (χ2v) is 4.38. The lowest BCUT2D eigenvalue weighted by molar-refractivity contribution is 0.0507. The van der Waals surface area contributed by atoms with E-state index in [2.05, 4.69) is 0 Å². The Morgan fingerprint density at radius 1 is 1.29 bits per heavy atom. The molecule has 0 aliphatic rings. The Kier molecular flexibility index (Phi) is 5.27. The van der Waals surface area contributed by atoms with Crippen LogP contribution in [-0.2, 0) is 0 Å². The van der Waals surface area contributed by atoms with Crippen LogP contribution in [0, 0.1) is 5.41 Å². The summed E-state index contributed by atoms with van der Waals surface area (Å²) in [6.45, 7) is 5.38. The first kappa shape index (κ1) is 13.6. The van der Waals surface area contributed by atoms with Crippen LogP contribution >= 0.6 is 0 Å². The van der Waals surface area contributed by atoms with Crippen molar-refractivity contribution in [2.45, 2.75) is 46.0 Å². The van der Waals surface area contributed by atoms with Gasteiger partial charge in [-0.2, -0.15) is 0 Å². The van der Waals surface area contributed by atoms with E-state index in [1.165, 1.54) is 13.0 Å². The van der Waals surface area contributed by atoms with Crippen LogP contribution in [0.4, 0.5) is 8.78 Å². The molecule has 0 aliphatic heterocycles. The fourth-order valence-electron chi connectivity index (χ4n) is 0.927. The number of rotatable bonds is 6. The predicted octanol–water partition coefficient (Wildman–Crippen LogP) is 3.39.